The molecule has 2 rings (SSSR count). The van der Waals surface area contributed by atoms with Crippen LogP contribution in [-0.2, 0) is 14.6 Å². The van der Waals surface area contributed by atoms with Gasteiger partial charge in [-0.05, 0) is 24.6 Å². The summed E-state index contributed by atoms with van der Waals surface area (Å²) >= 11 is 11.7. The third-order valence-corrected chi connectivity index (χ3v) is 5.50. The number of urea groups is 1. The highest BCUT2D eigenvalue weighted by atomic mass is 35.5. The van der Waals surface area contributed by atoms with Gasteiger partial charge in [-0.15, -0.1) is 0 Å². The van der Waals surface area contributed by atoms with Gasteiger partial charge in [-0.3, -0.25) is 4.79 Å². The molecule has 3 N–H and O–H groups in total. The van der Waals surface area contributed by atoms with Gasteiger partial charge in [0.15, 0.2) is 9.84 Å². The van der Waals surface area contributed by atoms with Crippen LogP contribution in [0.15, 0.2) is 18.2 Å². The summed E-state index contributed by atoms with van der Waals surface area (Å²) in [6.45, 7) is -0.274. The Hall–Kier alpha value is -1.51. The third kappa shape index (κ3) is 5.56. The van der Waals surface area contributed by atoms with E-state index in [-0.39, 0.29) is 23.1 Å². The van der Waals surface area contributed by atoms with E-state index in [2.05, 4.69) is 16.0 Å². The van der Waals surface area contributed by atoms with Crippen LogP contribution >= 0.6 is 23.2 Å². The first-order valence-corrected chi connectivity index (χ1v) is 9.32. The number of carbonyl (C=O) groups excluding carboxylic acids is 2. The molecule has 1 aromatic carbocycles. The first-order chi connectivity index (χ1) is 10.7. The molecule has 3 amide bonds. The number of hydrogen-bond donors (Lipinski definition) is 3. The first kappa shape index (κ1) is 17.8. The second kappa shape index (κ2) is 7.37. The summed E-state index contributed by atoms with van der Waals surface area (Å²) in [7, 11) is -3.07. The van der Waals surface area contributed by atoms with Crippen LogP contribution < -0.4 is 16.0 Å². The van der Waals surface area contributed by atoms with Gasteiger partial charge in [0.05, 0.1) is 28.8 Å². The molecule has 1 heterocycles. The van der Waals surface area contributed by atoms with E-state index in [0.717, 1.165) is 0 Å². The molecule has 126 valence electrons. The minimum Gasteiger partial charge on any atom is -0.334 e. The zero-order chi connectivity index (χ0) is 17.0. The van der Waals surface area contributed by atoms with Crippen LogP contribution in [0.4, 0.5) is 10.5 Å². The number of amides is 3. The highest BCUT2D eigenvalue weighted by molar-refractivity contribution is 7.91. The zero-order valence-electron chi connectivity index (χ0n) is 11.9. The van der Waals surface area contributed by atoms with Gasteiger partial charge < -0.3 is 16.0 Å². The fourth-order valence-corrected chi connectivity index (χ4v) is 4.22. The molecule has 0 aromatic heterocycles. The van der Waals surface area contributed by atoms with Gasteiger partial charge in [-0.25, -0.2) is 13.2 Å². The maximum absolute atomic E-state index is 11.8. The highest BCUT2D eigenvalue weighted by Gasteiger charge is 2.28. The number of rotatable bonds is 4. The first-order valence-electron chi connectivity index (χ1n) is 6.75. The highest BCUT2D eigenvalue weighted by Crippen LogP contribution is 2.25. The van der Waals surface area contributed by atoms with Crippen molar-refractivity contribution in [1.82, 2.24) is 10.6 Å². The third-order valence-electron chi connectivity index (χ3n) is 3.18. The van der Waals surface area contributed by atoms with Gasteiger partial charge in [0.25, 0.3) is 0 Å². The molecular weight excluding hydrogens is 365 g/mol. The van der Waals surface area contributed by atoms with Crippen LogP contribution in [-0.4, -0.2) is 44.4 Å². The number of sulfone groups is 1. The lowest BCUT2D eigenvalue weighted by Gasteiger charge is -2.12. The summed E-state index contributed by atoms with van der Waals surface area (Å²) in [6, 6.07) is 3.59. The molecule has 1 atom stereocenters. The molecule has 0 aliphatic carbocycles. The number of hydrogen-bond acceptors (Lipinski definition) is 4. The monoisotopic (exact) mass is 379 g/mol. The minimum absolute atomic E-state index is 0.0630. The number of anilines is 1. The van der Waals surface area contributed by atoms with Crippen molar-refractivity contribution in [1.29, 1.82) is 0 Å². The van der Waals surface area contributed by atoms with Crippen molar-refractivity contribution >= 4 is 50.7 Å². The van der Waals surface area contributed by atoms with Crippen molar-refractivity contribution in [3.8, 4) is 0 Å². The summed E-state index contributed by atoms with van der Waals surface area (Å²) < 4.78 is 22.6. The van der Waals surface area contributed by atoms with Gasteiger partial charge in [0.1, 0.15) is 0 Å². The summed E-state index contributed by atoms with van der Waals surface area (Å²) in [5.41, 5.74) is 0.380. The van der Waals surface area contributed by atoms with Crippen LogP contribution in [0.1, 0.15) is 6.42 Å². The maximum Gasteiger partial charge on any atom is 0.315 e. The minimum atomic E-state index is -3.07. The van der Waals surface area contributed by atoms with Crippen molar-refractivity contribution in [2.75, 3.05) is 23.4 Å². The van der Waals surface area contributed by atoms with E-state index in [1.54, 1.807) is 12.1 Å². The summed E-state index contributed by atoms with van der Waals surface area (Å²) in [6.07, 6.45) is 0.377. The van der Waals surface area contributed by atoms with Crippen molar-refractivity contribution in [2.24, 2.45) is 0 Å². The van der Waals surface area contributed by atoms with Gasteiger partial charge in [0, 0.05) is 11.1 Å². The Labute approximate surface area is 143 Å². The smallest absolute Gasteiger partial charge is 0.315 e. The Bertz CT molecular complexity index is 724. The molecule has 1 aromatic rings. The molecule has 0 radical (unpaired) electrons. The molecule has 0 unspecified atom stereocenters. The molecule has 1 fully saturated rings. The maximum atomic E-state index is 11.8. The van der Waals surface area contributed by atoms with E-state index in [4.69, 9.17) is 23.2 Å². The Morgan fingerprint density at radius 3 is 2.61 bits per heavy atom. The lowest BCUT2D eigenvalue weighted by Crippen LogP contribution is -2.45. The Kier molecular flexibility index (Phi) is 5.72. The van der Waals surface area contributed by atoms with Crippen LogP contribution in [0.3, 0.4) is 0 Å². The molecule has 0 saturated carbocycles. The van der Waals surface area contributed by atoms with Crippen LogP contribution in [0.25, 0.3) is 0 Å². The van der Waals surface area contributed by atoms with Crippen LogP contribution in [0, 0.1) is 0 Å². The van der Waals surface area contributed by atoms with E-state index >= 15 is 0 Å². The van der Waals surface area contributed by atoms with E-state index in [9.17, 15) is 18.0 Å². The molecule has 1 aliphatic rings. The Morgan fingerprint density at radius 2 is 2.00 bits per heavy atom. The summed E-state index contributed by atoms with van der Waals surface area (Å²) in [4.78, 5) is 23.4. The molecule has 1 saturated heterocycles. The topological polar surface area (TPSA) is 104 Å². The van der Waals surface area contributed by atoms with Crippen LogP contribution in [0.5, 0.6) is 0 Å². The number of carbonyl (C=O) groups is 2. The second-order valence-corrected chi connectivity index (χ2v) is 8.17. The van der Waals surface area contributed by atoms with Crippen molar-refractivity contribution < 1.29 is 18.0 Å². The normalized spacial score (nSPS) is 19.1. The second-order valence-electron chi connectivity index (χ2n) is 5.10. The predicted molar refractivity (Wildman–Crippen MR) is 88.7 cm³/mol. The SMILES string of the molecule is O=C(CNC(=O)N[C@H]1CCS(=O)(=O)C1)Nc1ccc(Cl)cc1Cl. The lowest BCUT2D eigenvalue weighted by molar-refractivity contribution is -0.115. The number of nitrogens with one attached hydrogen (secondary N) is 3. The lowest BCUT2D eigenvalue weighted by atomic mass is 10.3. The summed E-state index contributed by atoms with van der Waals surface area (Å²) in [5.74, 6) is -0.482. The van der Waals surface area contributed by atoms with Gasteiger partial charge >= 0.3 is 6.03 Å². The molecule has 10 heteroatoms. The zero-order valence-corrected chi connectivity index (χ0v) is 14.3. The molecule has 7 nitrogen and oxygen atoms in total. The average molecular weight is 380 g/mol. The van der Waals surface area contributed by atoms with Gasteiger partial charge in [-0.2, -0.15) is 0 Å². The van der Waals surface area contributed by atoms with Crippen molar-refractivity contribution in [3.63, 3.8) is 0 Å². The molecular formula is C13H15Cl2N3O4S. The fourth-order valence-electron chi connectivity index (χ4n) is 2.09. The number of benzene rings is 1. The standard InChI is InChI=1S/C13H15Cl2N3O4S/c14-8-1-2-11(10(15)5-8)18-12(19)6-16-13(20)17-9-3-4-23(21,22)7-9/h1-2,5,9H,3-4,6-7H2,(H,18,19)(H2,16,17,20)/t9-/m0/s1. The average Bonchev–Trinajstić information content (AvgIpc) is 2.79. The van der Waals surface area contributed by atoms with E-state index in [1.165, 1.54) is 6.07 Å². The molecule has 0 bridgehead atoms. The molecule has 23 heavy (non-hydrogen) atoms. The Morgan fingerprint density at radius 1 is 1.26 bits per heavy atom. The van der Waals surface area contributed by atoms with Gasteiger partial charge in [-0.1, -0.05) is 23.2 Å². The van der Waals surface area contributed by atoms with E-state index in [1.807, 2.05) is 0 Å². The van der Waals surface area contributed by atoms with Crippen LogP contribution in [0.2, 0.25) is 10.0 Å². The molecule has 1 aliphatic heterocycles. The largest absolute Gasteiger partial charge is 0.334 e. The predicted octanol–water partition coefficient (Wildman–Crippen LogP) is 1.42. The van der Waals surface area contributed by atoms with Crippen molar-refractivity contribution in [3.05, 3.63) is 28.2 Å². The van der Waals surface area contributed by atoms with E-state index in [0.29, 0.717) is 17.1 Å². The fraction of sp³-hybridized carbons (Fsp3) is 0.385. The van der Waals surface area contributed by atoms with Crippen molar-refractivity contribution in [2.45, 2.75) is 12.5 Å². The van der Waals surface area contributed by atoms with E-state index < -0.39 is 27.8 Å². The molecule has 0 spiro atoms. The number of halogens is 2. The van der Waals surface area contributed by atoms with Gasteiger partial charge in [0.2, 0.25) is 5.91 Å². The summed E-state index contributed by atoms with van der Waals surface area (Å²) in [5, 5.41) is 8.14. The quantitative estimate of drug-likeness (QED) is 0.735. The Balaban J connectivity index is 1.77.